The number of methoxy groups -OCH3 is 4. The minimum atomic E-state index is -4.98. The Bertz CT molecular complexity index is 4600. The molecule has 4 atom stereocenters. The number of carbonyl (C=O) groups is 4. The highest BCUT2D eigenvalue weighted by atomic mass is 32.2. The van der Waals surface area contributed by atoms with Gasteiger partial charge in [0.1, 0.15) is 9.79 Å². The van der Waals surface area contributed by atoms with Gasteiger partial charge in [-0.05, 0) is 117 Å². The van der Waals surface area contributed by atoms with Crippen molar-refractivity contribution in [3.8, 4) is 23.0 Å². The van der Waals surface area contributed by atoms with Gasteiger partial charge in [0.25, 0.3) is 23.6 Å². The van der Waals surface area contributed by atoms with Gasteiger partial charge in [-0.15, -0.1) is 0 Å². The standard InChI is InChI=1S/C37H41F3N6O6S.C37H44N6O6S/c1-24(25-10-6-5-7-11-25)44-18-20-45(21-19-44)29-13-8-12-27-33(29)36(48)46(35(27)47)28(26-15-16-30(51-3)31(22-26)52-4)14-9-17-41-53(49,50)32-23-43(2)42-34(32)37(38,39)40;1-5-42-25-29(24-38-42)50(46,47)39-18-10-15-31(28-16-17-33(48-3)34(23-28)49-4)43-36(44)30-13-9-14-32(35(30)37(43)45)41-21-19-40(20-22-41)26(2)27-11-7-6-8-12-27/h5-8,10-13,15-16,22-24,28,41H,9,14,17-21H2,1-4H3;6-9,11-14,16-17,23-26,31,39H,5,10,15,18-22H2,1-4H3/t24-,28-;26-,31-/m11/s1. The Hall–Kier alpha value is -9.65. The Morgan fingerprint density at radius 2 is 0.942 bits per heavy atom. The highest BCUT2D eigenvalue weighted by Crippen LogP contribution is 2.44. The number of aromatic nitrogens is 4. The molecule has 4 aliphatic rings. The predicted molar refractivity (Wildman–Crippen MR) is 381 cm³/mol. The van der Waals surface area contributed by atoms with Crippen molar-refractivity contribution in [2.75, 3.05) is 104 Å². The van der Waals surface area contributed by atoms with Gasteiger partial charge in [0, 0.05) is 104 Å². The van der Waals surface area contributed by atoms with Crippen LogP contribution in [0.15, 0.2) is 162 Å². The molecule has 0 radical (unpaired) electrons. The van der Waals surface area contributed by atoms with E-state index in [2.05, 4.69) is 89.5 Å². The Balaban J connectivity index is 0.000000207. The van der Waals surface area contributed by atoms with E-state index in [9.17, 15) is 49.2 Å². The van der Waals surface area contributed by atoms with Crippen molar-refractivity contribution in [3.63, 3.8) is 0 Å². The predicted octanol–water partition coefficient (Wildman–Crippen LogP) is 10.3. The number of imide groups is 2. The number of rotatable bonds is 27. The summed E-state index contributed by atoms with van der Waals surface area (Å²) in [6.07, 6.45) is -0.603. The molecule has 0 unspecified atom stereocenters. The highest BCUT2D eigenvalue weighted by Gasteiger charge is 2.46. The summed E-state index contributed by atoms with van der Waals surface area (Å²) in [6.45, 7) is 12.5. The molecule has 2 N–H and O–H groups in total. The van der Waals surface area contributed by atoms with E-state index in [1.54, 1.807) is 60.3 Å². The van der Waals surface area contributed by atoms with Gasteiger partial charge in [-0.2, -0.15) is 23.4 Å². The molecule has 6 aromatic carbocycles. The summed E-state index contributed by atoms with van der Waals surface area (Å²) in [5.41, 5.74) is 4.89. The van der Waals surface area contributed by atoms with E-state index in [0.29, 0.717) is 102 Å². The van der Waals surface area contributed by atoms with E-state index in [0.717, 1.165) is 42.7 Å². The van der Waals surface area contributed by atoms with Crippen LogP contribution in [0.4, 0.5) is 24.5 Å². The number of piperazine rings is 2. The monoisotopic (exact) mass is 1450 g/mol. The molecule has 2 saturated heterocycles. The van der Waals surface area contributed by atoms with Crippen LogP contribution >= 0.6 is 0 Å². The van der Waals surface area contributed by atoms with Crippen molar-refractivity contribution < 1.29 is 68.1 Å². The summed E-state index contributed by atoms with van der Waals surface area (Å²) < 4.78 is 122. The molecule has 0 aliphatic carbocycles. The smallest absolute Gasteiger partial charge is 0.436 e. The second-order valence-electron chi connectivity index (χ2n) is 25.5. The zero-order valence-corrected chi connectivity index (χ0v) is 60.3. The van der Waals surface area contributed by atoms with Gasteiger partial charge < -0.3 is 28.7 Å². The number of amides is 4. The summed E-state index contributed by atoms with van der Waals surface area (Å²) >= 11 is 0. The van der Waals surface area contributed by atoms with Crippen LogP contribution in [0.3, 0.4) is 0 Å². The lowest BCUT2D eigenvalue weighted by Gasteiger charge is -2.39. The van der Waals surface area contributed by atoms with Crippen molar-refractivity contribution in [3.05, 3.63) is 202 Å². The van der Waals surface area contributed by atoms with Crippen LogP contribution in [0.25, 0.3) is 0 Å². The fraction of sp³-hybridized carbons (Fsp3) is 0.378. The first kappa shape index (κ1) is 74.5. The van der Waals surface area contributed by atoms with E-state index in [1.165, 1.54) is 61.7 Å². The van der Waals surface area contributed by atoms with Crippen LogP contribution in [0, 0.1) is 0 Å². The van der Waals surface area contributed by atoms with Gasteiger partial charge in [-0.3, -0.25) is 48.1 Å². The normalized spacial score (nSPS) is 16.5. The number of anilines is 2. The molecule has 546 valence electrons. The van der Waals surface area contributed by atoms with Gasteiger partial charge in [0.05, 0.1) is 80.3 Å². The Labute approximate surface area is 597 Å². The third-order valence-corrected chi connectivity index (χ3v) is 22.4. The minimum absolute atomic E-state index is 0.0572. The lowest BCUT2D eigenvalue weighted by Crippen LogP contribution is -2.47. The number of hydrogen-bond donors (Lipinski definition) is 2. The summed E-state index contributed by atoms with van der Waals surface area (Å²) in [4.78, 5) is 67.8. The Morgan fingerprint density at radius 1 is 0.515 bits per heavy atom. The number of halogens is 3. The largest absolute Gasteiger partial charge is 0.493 e. The number of ether oxygens (including phenoxy) is 4. The molecule has 8 aromatic rings. The Morgan fingerprint density at radius 3 is 1.34 bits per heavy atom. The van der Waals surface area contributed by atoms with Gasteiger partial charge in [-0.25, -0.2) is 26.3 Å². The zero-order valence-electron chi connectivity index (χ0n) is 58.7. The average molecular weight is 1460 g/mol. The van der Waals surface area contributed by atoms with Crippen LogP contribution in [-0.4, -0.2) is 174 Å². The maximum absolute atomic E-state index is 14.4. The minimum Gasteiger partial charge on any atom is -0.493 e. The fourth-order valence-electron chi connectivity index (χ4n) is 13.9. The van der Waals surface area contributed by atoms with Crippen LogP contribution < -0.4 is 38.2 Å². The first-order valence-corrected chi connectivity index (χ1v) is 37.0. The summed E-state index contributed by atoms with van der Waals surface area (Å²) in [6, 6.07) is 40.6. The van der Waals surface area contributed by atoms with Crippen LogP contribution in [0.5, 0.6) is 23.0 Å². The maximum Gasteiger partial charge on any atom is 0.436 e. The first-order valence-electron chi connectivity index (χ1n) is 34.1. The maximum atomic E-state index is 14.4. The molecule has 2 fully saturated rings. The molecule has 24 nitrogen and oxygen atoms in total. The molecule has 12 rings (SSSR count). The summed E-state index contributed by atoms with van der Waals surface area (Å²) in [7, 11) is -1.20. The van der Waals surface area contributed by atoms with Crippen molar-refractivity contribution in [1.29, 1.82) is 0 Å². The SMILES string of the molecule is CCn1cc(S(=O)(=O)NCCC[C@H](c2ccc(OC)c(OC)c2)N2C(=O)c3cccc(N4CCN([C@H](C)c5ccccc5)CC4)c3C2=O)cn1.COc1ccc([C@@H](CCCNS(=O)(=O)c2cn(C)nc2C(F)(F)F)N2C(=O)c3cccc(N4CCN([C@H](C)c5ccccc5)CC4)c3C2=O)cc1OC. The number of hydrogen-bond acceptors (Lipinski definition) is 18. The lowest BCUT2D eigenvalue weighted by atomic mass is 9.99. The van der Waals surface area contributed by atoms with Crippen LogP contribution in [0.1, 0.15) is 140 Å². The van der Waals surface area contributed by atoms with Gasteiger partial charge in [0.15, 0.2) is 28.7 Å². The molecule has 0 spiro atoms. The van der Waals surface area contributed by atoms with Gasteiger partial charge >= 0.3 is 6.18 Å². The molecule has 103 heavy (non-hydrogen) atoms. The third kappa shape index (κ3) is 16.0. The number of sulfonamides is 2. The first-order chi connectivity index (χ1) is 49.4. The number of aryl methyl sites for hydroxylation is 2. The average Bonchev–Trinajstić information content (AvgIpc) is 1.60. The molecular weight excluding hydrogens is 1370 g/mol. The molecule has 29 heteroatoms. The number of nitrogens with one attached hydrogen (secondary N) is 2. The van der Waals surface area contributed by atoms with Gasteiger partial charge in [-0.1, -0.05) is 84.9 Å². The second kappa shape index (κ2) is 31.9. The molecule has 4 amide bonds. The molecule has 2 aromatic heterocycles. The van der Waals surface area contributed by atoms with Crippen molar-refractivity contribution in [2.45, 2.75) is 93.1 Å². The Kier molecular flexibility index (Phi) is 23.1. The van der Waals surface area contributed by atoms with Crippen molar-refractivity contribution in [2.24, 2.45) is 7.05 Å². The zero-order chi connectivity index (χ0) is 73.5. The highest BCUT2D eigenvalue weighted by molar-refractivity contribution is 7.89. The molecular formula is C74H85F3N12O12S2. The van der Waals surface area contributed by atoms with E-state index in [-0.39, 0.29) is 60.3 Å². The van der Waals surface area contributed by atoms with Gasteiger partial charge in [0.2, 0.25) is 20.0 Å². The van der Waals surface area contributed by atoms with Crippen molar-refractivity contribution in [1.82, 2.24) is 48.6 Å². The molecule has 6 heterocycles. The molecule has 4 aliphatic heterocycles. The quantitative estimate of drug-likeness (QED) is 0.0358. The van der Waals surface area contributed by atoms with E-state index in [4.69, 9.17) is 18.9 Å². The van der Waals surface area contributed by atoms with E-state index < -0.39 is 60.7 Å². The van der Waals surface area contributed by atoms with Crippen LogP contribution in [-0.2, 0) is 39.8 Å². The molecule has 0 saturated carbocycles. The third-order valence-electron chi connectivity index (χ3n) is 19.5. The number of carbonyl (C=O) groups excluding carboxylic acids is 4. The van der Waals surface area contributed by atoms with Crippen LogP contribution in [0.2, 0.25) is 0 Å². The summed E-state index contributed by atoms with van der Waals surface area (Å²) in [5.74, 6) is 0.00440. The van der Waals surface area contributed by atoms with Crippen molar-refractivity contribution >= 4 is 55.1 Å². The fourth-order valence-corrected chi connectivity index (χ4v) is 16.2. The topological polar surface area (TPSA) is 253 Å². The molecule has 0 bridgehead atoms. The van der Waals surface area contributed by atoms with E-state index in [1.807, 2.05) is 55.5 Å². The summed E-state index contributed by atoms with van der Waals surface area (Å²) in [5, 5.41) is 7.36. The number of benzene rings is 6. The van der Waals surface area contributed by atoms with E-state index >= 15 is 0 Å². The lowest BCUT2D eigenvalue weighted by molar-refractivity contribution is -0.143. The number of nitrogens with zero attached hydrogens (tertiary/aromatic N) is 10. The number of fused-ring (bicyclic) bond motifs is 2. The second-order valence-corrected chi connectivity index (χ2v) is 29.0. The number of alkyl halides is 3.